The second-order valence-corrected chi connectivity index (χ2v) is 7.17. The van der Waals surface area contributed by atoms with Gasteiger partial charge in [0, 0.05) is 0 Å². The zero-order valence-corrected chi connectivity index (χ0v) is 11.7. The minimum atomic E-state index is -0.146. The summed E-state index contributed by atoms with van der Waals surface area (Å²) in [7, 11) is 0. The van der Waals surface area contributed by atoms with E-state index in [1.807, 2.05) is 0 Å². The Hall–Kier alpha value is -0.0400. The van der Waals surface area contributed by atoms with Crippen molar-refractivity contribution in [3.05, 3.63) is 0 Å². The second kappa shape index (κ2) is 5.34. The molecule has 0 fully saturated rings. The molecule has 0 aromatic carbocycles. The predicted octanol–water partition coefficient (Wildman–Crippen LogP) is 4.25. The van der Waals surface area contributed by atoms with Crippen molar-refractivity contribution >= 4 is 0 Å². The third-order valence-electron chi connectivity index (χ3n) is 3.37. The lowest BCUT2D eigenvalue weighted by Crippen LogP contribution is -2.29. The molecule has 1 heteroatoms. The molecule has 0 aromatic heterocycles. The van der Waals surface area contributed by atoms with Crippen LogP contribution >= 0.6 is 0 Å². The largest absolute Gasteiger partial charge is 0.393 e. The molecule has 0 saturated carbocycles. The van der Waals surface area contributed by atoms with Crippen LogP contribution in [0.25, 0.3) is 0 Å². The Morgan fingerprint density at radius 1 is 1.00 bits per heavy atom. The van der Waals surface area contributed by atoms with Crippen molar-refractivity contribution in [2.45, 2.75) is 73.8 Å². The highest BCUT2D eigenvalue weighted by molar-refractivity contribution is 4.77. The van der Waals surface area contributed by atoms with Gasteiger partial charge in [0.05, 0.1) is 6.10 Å². The van der Waals surface area contributed by atoms with Crippen LogP contribution in [0.2, 0.25) is 0 Å². The molecule has 0 aliphatic carbocycles. The van der Waals surface area contributed by atoms with E-state index in [2.05, 4.69) is 48.5 Å². The van der Waals surface area contributed by atoms with Crippen LogP contribution in [-0.4, -0.2) is 11.2 Å². The van der Waals surface area contributed by atoms with E-state index in [-0.39, 0.29) is 11.5 Å². The monoisotopic (exact) mass is 214 g/mol. The van der Waals surface area contributed by atoms with Crippen LogP contribution in [0.4, 0.5) is 0 Å². The smallest absolute Gasteiger partial charge is 0.0570 e. The van der Waals surface area contributed by atoms with Crippen LogP contribution in [0.5, 0.6) is 0 Å². The lowest BCUT2D eigenvalue weighted by Gasteiger charge is -2.32. The van der Waals surface area contributed by atoms with Gasteiger partial charge in [0.25, 0.3) is 0 Å². The maximum Gasteiger partial charge on any atom is 0.0570 e. The molecule has 0 bridgehead atoms. The van der Waals surface area contributed by atoms with Gasteiger partial charge in [-0.1, -0.05) is 54.9 Å². The molecule has 0 spiro atoms. The Kier molecular flexibility index (Phi) is 5.32. The minimum absolute atomic E-state index is 0.146. The molecule has 15 heavy (non-hydrogen) atoms. The van der Waals surface area contributed by atoms with Gasteiger partial charge in [0.2, 0.25) is 0 Å². The highest BCUT2D eigenvalue weighted by Gasteiger charge is 2.26. The van der Waals surface area contributed by atoms with Gasteiger partial charge >= 0.3 is 0 Å². The summed E-state index contributed by atoms with van der Waals surface area (Å²) in [6.07, 6.45) is 3.12. The Morgan fingerprint density at radius 3 is 1.80 bits per heavy atom. The first kappa shape index (κ1) is 15.0. The maximum absolute atomic E-state index is 10.1. The number of hydrogen-bond donors (Lipinski definition) is 1. The molecule has 2 unspecified atom stereocenters. The van der Waals surface area contributed by atoms with Crippen molar-refractivity contribution in [1.82, 2.24) is 0 Å². The number of aliphatic hydroxyl groups excluding tert-OH is 1. The summed E-state index contributed by atoms with van der Waals surface area (Å²) in [4.78, 5) is 0. The van der Waals surface area contributed by atoms with Crippen LogP contribution in [-0.2, 0) is 0 Å². The summed E-state index contributed by atoms with van der Waals surface area (Å²) in [6, 6.07) is 0. The Labute approximate surface area is 96.3 Å². The van der Waals surface area contributed by atoms with E-state index in [9.17, 15) is 5.11 Å². The highest BCUT2D eigenvalue weighted by Crippen LogP contribution is 2.31. The van der Waals surface area contributed by atoms with Crippen LogP contribution in [0.3, 0.4) is 0 Å². The summed E-state index contributed by atoms with van der Waals surface area (Å²) in [5.41, 5.74) is 0.603. The Balaban J connectivity index is 3.90. The lowest BCUT2D eigenvalue weighted by molar-refractivity contribution is 0.0443. The van der Waals surface area contributed by atoms with E-state index in [0.29, 0.717) is 11.3 Å². The van der Waals surface area contributed by atoms with Crippen LogP contribution < -0.4 is 0 Å². The summed E-state index contributed by atoms with van der Waals surface area (Å²) >= 11 is 0. The molecule has 0 aliphatic heterocycles. The fourth-order valence-electron chi connectivity index (χ4n) is 1.67. The molecule has 2 atom stereocenters. The first-order valence-corrected chi connectivity index (χ1v) is 6.22. The Bertz CT molecular complexity index is 171. The molecule has 0 aromatic rings. The molecule has 92 valence electrons. The van der Waals surface area contributed by atoms with Crippen LogP contribution in [0.15, 0.2) is 0 Å². The van der Waals surface area contributed by atoms with Crippen molar-refractivity contribution in [3.63, 3.8) is 0 Å². The molecular weight excluding hydrogens is 184 g/mol. The van der Waals surface area contributed by atoms with Crippen molar-refractivity contribution in [2.24, 2.45) is 16.7 Å². The van der Waals surface area contributed by atoms with E-state index in [0.717, 1.165) is 12.8 Å². The molecule has 0 heterocycles. The average Bonchev–Trinajstić information content (AvgIpc) is 1.98. The third kappa shape index (κ3) is 6.94. The van der Waals surface area contributed by atoms with Gasteiger partial charge < -0.3 is 5.11 Å². The Morgan fingerprint density at radius 2 is 1.47 bits per heavy atom. The van der Waals surface area contributed by atoms with E-state index in [1.54, 1.807) is 0 Å². The molecule has 0 rings (SSSR count). The summed E-state index contributed by atoms with van der Waals surface area (Å²) in [6.45, 7) is 15.5. The average molecular weight is 214 g/mol. The summed E-state index contributed by atoms with van der Waals surface area (Å²) < 4.78 is 0. The number of rotatable bonds is 4. The van der Waals surface area contributed by atoms with Gasteiger partial charge in [-0.2, -0.15) is 0 Å². The van der Waals surface area contributed by atoms with Crippen molar-refractivity contribution < 1.29 is 5.11 Å². The lowest BCUT2D eigenvalue weighted by atomic mass is 9.77. The van der Waals surface area contributed by atoms with Crippen LogP contribution in [0.1, 0.15) is 67.7 Å². The summed E-state index contributed by atoms with van der Waals surface area (Å²) in [5, 5.41) is 10.1. The van der Waals surface area contributed by atoms with E-state index in [1.165, 1.54) is 6.42 Å². The molecule has 0 aliphatic rings. The maximum atomic E-state index is 10.1. The number of aliphatic hydroxyl groups is 1. The van der Waals surface area contributed by atoms with Gasteiger partial charge in [-0.15, -0.1) is 0 Å². The van der Waals surface area contributed by atoms with Crippen molar-refractivity contribution in [1.29, 1.82) is 0 Å². The molecule has 1 N–H and O–H groups in total. The first-order chi connectivity index (χ1) is 6.54. The molecule has 0 saturated heterocycles. The minimum Gasteiger partial charge on any atom is -0.393 e. The molecule has 0 radical (unpaired) electrons. The third-order valence-corrected chi connectivity index (χ3v) is 3.37. The fraction of sp³-hybridized carbons (Fsp3) is 1.00. The van der Waals surface area contributed by atoms with Gasteiger partial charge in [-0.25, -0.2) is 0 Å². The SMILES string of the molecule is CC(C(O)CCCC(C)(C)C)C(C)(C)C. The van der Waals surface area contributed by atoms with E-state index in [4.69, 9.17) is 0 Å². The van der Waals surface area contributed by atoms with Crippen LogP contribution in [0, 0.1) is 16.7 Å². The predicted molar refractivity (Wildman–Crippen MR) is 67.9 cm³/mol. The first-order valence-electron chi connectivity index (χ1n) is 6.22. The molecule has 0 amide bonds. The summed E-state index contributed by atoms with van der Waals surface area (Å²) in [5.74, 6) is 0.373. The topological polar surface area (TPSA) is 20.2 Å². The van der Waals surface area contributed by atoms with Gasteiger partial charge in [0.1, 0.15) is 0 Å². The number of hydrogen-bond acceptors (Lipinski definition) is 1. The zero-order chi connectivity index (χ0) is 12.3. The zero-order valence-electron chi connectivity index (χ0n) is 11.7. The second-order valence-electron chi connectivity index (χ2n) is 7.17. The van der Waals surface area contributed by atoms with Gasteiger partial charge in [0.15, 0.2) is 0 Å². The normalized spacial score (nSPS) is 17.6. The van der Waals surface area contributed by atoms with Gasteiger partial charge in [-0.05, 0) is 29.6 Å². The quantitative estimate of drug-likeness (QED) is 0.742. The standard InChI is InChI=1S/C14H30O/c1-11(14(5,6)7)12(15)9-8-10-13(2,3)4/h11-12,15H,8-10H2,1-7H3. The molecule has 1 nitrogen and oxygen atoms in total. The highest BCUT2D eigenvalue weighted by atomic mass is 16.3. The fourth-order valence-corrected chi connectivity index (χ4v) is 1.67. The molecular formula is C14H30O. The van der Waals surface area contributed by atoms with Crippen molar-refractivity contribution in [2.75, 3.05) is 0 Å². The van der Waals surface area contributed by atoms with E-state index >= 15 is 0 Å². The van der Waals surface area contributed by atoms with Crippen molar-refractivity contribution in [3.8, 4) is 0 Å². The van der Waals surface area contributed by atoms with Gasteiger partial charge in [-0.3, -0.25) is 0 Å². The van der Waals surface area contributed by atoms with E-state index < -0.39 is 0 Å².